The molecule has 2 aromatic carbocycles. The molecule has 2 aromatic heterocycles. The van der Waals surface area contributed by atoms with Gasteiger partial charge in [-0.15, -0.1) is 0 Å². The van der Waals surface area contributed by atoms with E-state index in [1.165, 1.54) is 11.5 Å². The average Bonchev–Trinajstić information content (AvgIpc) is 3.03. The lowest BCUT2D eigenvalue weighted by Gasteiger charge is -2.18. The van der Waals surface area contributed by atoms with Crippen LogP contribution < -0.4 is 10.7 Å². The van der Waals surface area contributed by atoms with Gasteiger partial charge < -0.3 is 14.9 Å². The van der Waals surface area contributed by atoms with E-state index >= 15 is 0 Å². The van der Waals surface area contributed by atoms with Gasteiger partial charge >= 0.3 is 0 Å². The zero-order chi connectivity index (χ0) is 20.0. The largest absolute Gasteiger partial charge is 0.549 e. The number of para-hydroxylation sites is 1. The third-order valence-electron chi connectivity index (χ3n) is 4.71. The molecule has 0 amide bonds. The number of rotatable bonds is 4. The molecule has 4 aromatic rings. The van der Waals surface area contributed by atoms with E-state index < -0.39 is 11.2 Å². The summed E-state index contributed by atoms with van der Waals surface area (Å²) in [5.41, 5.74) is 4.06. The minimum Gasteiger partial charge on any atom is -0.549 e. The second-order valence-corrected chi connectivity index (χ2v) is 8.11. The van der Waals surface area contributed by atoms with Crippen LogP contribution in [0.3, 0.4) is 0 Å². The Kier molecular flexibility index (Phi) is 4.47. The predicted molar refractivity (Wildman–Crippen MR) is 109 cm³/mol. The summed E-state index contributed by atoms with van der Waals surface area (Å²) in [5, 5.41) is 11.6. The molecule has 0 saturated carbocycles. The van der Waals surface area contributed by atoms with Crippen molar-refractivity contribution in [1.82, 2.24) is 14.5 Å². The fourth-order valence-corrected chi connectivity index (χ4v) is 4.04. The molecule has 1 N–H and O–H groups in total. The second-order valence-electron chi connectivity index (χ2n) is 6.80. The standard InChI is InChI=1S/C21H19N3O3S/c1-11-8-9-12(2)16(10-11)24-19(25)18-17(14-6-4-5-7-15(14)22-18)23-21(24)28-13(3)20(26)27/h4-10,13,22H,1-3H3,(H,26,27)/p-1/t13-/m1/s1. The van der Waals surface area contributed by atoms with Crippen molar-refractivity contribution in [3.63, 3.8) is 0 Å². The maximum Gasteiger partial charge on any atom is 0.283 e. The highest BCUT2D eigenvalue weighted by Gasteiger charge is 2.20. The molecule has 0 saturated heterocycles. The lowest BCUT2D eigenvalue weighted by Crippen LogP contribution is -2.32. The molecule has 28 heavy (non-hydrogen) atoms. The molecule has 142 valence electrons. The van der Waals surface area contributed by atoms with Gasteiger partial charge in [-0.25, -0.2) is 4.98 Å². The number of carboxylic acids is 1. The number of benzene rings is 2. The number of carboxylic acid groups (broad SMARTS) is 1. The number of thioether (sulfide) groups is 1. The number of hydrogen-bond donors (Lipinski definition) is 1. The van der Waals surface area contributed by atoms with Gasteiger partial charge in [0.05, 0.1) is 11.7 Å². The topological polar surface area (TPSA) is 90.8 Å². The van der Waals surface area contributed by atoms with Crippen molar-refractivity contribution in [1.29, 1.82) is 0 Å². The summed E-state index contributed by atoms with van der Waals surface area (Å²) < 4.78 is 1.49. The molecule has 4 rings (SSSR count). The number of fused-ring (bicyclic) bond motifs is 3. The summed E-state index contributed by atoms with van der Waals surface area (Å²) in [7, 11) is 0. The molecule has 6 nitrogen and oxygen atoms in total. The number of aryl methyl sites for hydroxylation is 2. The molecule has 0 unspecified atom stereocenters. The first-order valence-electron chi connectivity index (χ1n) is 8.85. The molecular formula is C21H18N3O3S-. The van der Waals surface area contributed by atoms with Gasteiger partial charge in [0.15, 0.2) is 5.16 Å². The second kappa shape index (κ2) is 6.83. The van der Waals surface area contributed by atoms with Crippen molar-refractivity contribution in [2.75, 3.05) is 0 Å². The SMILES string of the molecule is Cc1ccc(C)c(-n2c(S[C@H](C)C(=O)[O-])nc3c([nH]c4ccccc43)c2=O)c1. The summed E-state index contributed by atoms with van der Waals surface area (Å²) in [6.07, 6.45) is 0. The highest BCUT2D eigenvalue weighted by molar-refractivity contribution is 8.00. The van der Waals surface area contributed by atoms with E-state index in [1.807, 2.05) is 56.3 Å². The number of hydrogen-bond acceptors (Lipinski definition) is 5. The van der Waals surface area contributed by atoms with Crippen LogP contribution >= 0.6 is 11.8 Å². The molecule has 7 heteroatoms. The summed E-state index contributed by atoms with van der Waals surface area (Å²) in [4.78, 5) is 32.6. The Hall–Kier alpha value is -3.06. The van der Waals surface area contributed by atoms with Crippen LogP contribution in [0.4, 0.5) is 0 Å². The molecule has 0 radical (unpaired) electrons. The number of aromatic nitrogens is 3. The Bertz CT molecular complexity index is 1290. The van der Waals surface area contributed by atoms with E-state index in [1.54, 1.807) is 0 Å². The zero-order valence-corrected chi connectivity index (χ0v) is 16.5. The number of nitrogens with one attached hydrogen (secondary N) is 1. The highest BCUT2D eigenvalue weighted by atomic mass is 32.2. The molecular weight excluding hydrogens is 374 g/mol. The number of carbonyl (C=O) groups is 1. The Morgan fingerprint density at radius 3 is 2.71 bits per heavy atom. The van der Waals surface area contributed by atoms with Crippen LogP contribution in [0.15, 0.2) is 52.4 Å². The van der Waals surface area contributed by atoms with E-state index in [9.17, 15) is 14.7 Å². The summed E-state index contributed by atoms with van der Waals surface area (Å²) in [5.74, 6) is -1.20. The first-order chi connectivity index (χ1) is 13.4. The minimum atomic E-state index is -1.20. The Morgan fingerprint density at radius 1 is 1.21 bits per heavy atom. The molecule has 0 aliphatic carbocycles. The van der Waals surface area contributed by atoms with Crippen molar-refractivity contribution in [3.8, 4) is 5.69 Å². The van der Waals surface area contributed by atoms with Gasteiger partial charge in [0.1, 0.15) is 11.0 Å². The zero-order valence-electron chi connectivity index (χ0n) is 15.6. The fourth-order valence-electron chi connectivity index (χ4n) is 3.20. The molecule has 2 heterocycles. The van der Waals surface area contributed by atoms with Gasteiger partial charge in [-0.3, -0.25) is 9.36 Å². The Balaban J connectivity index is 2.09. The average molecular weight is 392 g/mol. The quantitative estimate of drug-likeness (QED) is 0.426. The maximum absolute atomic E-state index is 13.4. The van der Waals surface area contributed by atoms with Crippen LogP contribution in [0.5, 0.6) is 0 Å². The first-order valence-corrected chi connectivity index (χ1v) is 9.73. The highest BCUT2D eigenvalue weighted by Crippen LogP contribution is 2.29. The molecule has 0 aliphatic heterocycles. The summed E-state index contributed by atoms with van der Waals surface area (Å²) in [6, 6.07) is 13.3. The van der Waals surface area contributed by atoms with Gasteiger partial charge in [0.2, 0.25) is 0 Å². The van der Waals surface area contributed by atoms with Crippen LogP contribution in [0.1, 0.15) is 18.1 Å². The monoisotopic (exact) mass is 392 g/mol. The van der Waals surface area contributed by atoms with Gasteiger partial charge in [-0.05, 0) is 44.0 Å². The van der Waals surface area contributed by atoms with Crippen LogP contribution in [-0.2, 0) is 4.79 Å². The number of H-pyrrole nitrogens is 1. The summed E-state index contributed by atoms with van der Waals surface area (Å²) in [6.45, 7) is 5.38. The number of nitrogens with zero attached hydrogens (tertiary/aromatic N) is 2. The molecule has 1 atom stereocenters. The minimum absolute atomic E-state index is 0.261. The summed E-state index contributed by atoms with van der Waals surface area (Å²) >= 11 is 1.00. The molecule has 0 fully saturated rings. The van der Waals surface area contributed by atoms with E-state index in [2.05, 4.69) is 4.98 Å². The van der Waals surface area contributed by atoms with Gasteiger partial charge in [0.25, 0.3) is 5.56 Å². The lowest BCUT2D eigenvalue weighted by molar-refractivity contribution is -0.304. The maximum atomic E-state index is 13.4. The van der Waals surface area contributed by atoms with Crippen molar-refractivity contribution in [2.45, 2.75) is 31.2 Å². The van der Waals surface area contributed by atoms with Crippen LogP contribution in [0.2, 0.25) is 0 Å². The van der Waals surface area contributed by atoms with Gasteiger partial charge in [-0.1, -0.05) is 42.1 Å². The van der Waals surface area contributed by atoms with E-state index in [0.717, 1.165) is 33.8 Å². The first kappa shape index (κ1) is 18.3. The molecule has 0 bridgehead atoms. The van der Waals surface area contributed by atoms with Crippen molar-refractivity contribution in [3.05, 3.63) is 63.9 Å². The van der Waals surface area contributed by atoms with E-state index in [-0.39, 0.29) is 5.56 Å². The third-order valence-corrected chi connectivity index (χ3v) is 5.74. The van der Waals surface area contributed by atoms with Crippen molar-refractivity contribution >= 4 is 39.7 Å². The van der Waals surface area contributed by atoms with Crippen LogP contribution in [-0.4, -0.2) is 25.8 Å². The number of carbonyl (C=O) groups excluding carboxylic acids is 1. The van der Waals surface area contributed by atoms with Crippen LogP contribution in [0.25, 0.3) is 27.6 Å². The van der Waals surface area contributed by atoms with E-state index in [0.29, 0.717) is 21.9 Å². The number of aromatic amines is 1. The fraction of sp³-hybridized carbons (Fsp3) is 0.190. The number of aliphatic carboxylic acids is 1. The van der Waals surface area contributed by atoms with Gasteiger partial charge in [0, 0.05) is 16.2 Å². The normalized spacial score (nSPS) is 12.5. The molecule has 0 spiro atoms. The lowest BCUT2D eigenvalue weighted by atomic mass is 10.1. The van der Waals surface area contributed by atoms with Crippen molar-refractivity contribution in [2.24, 2.45) is 0 Å². The van der Waals surface area contributed by atoms with Gasteiger partial charge in [-0.2, -0.15) is 0 Å². The smallest absolute Gasteiger partial charge is 0.283 e. The Morgan fingerprint density at radius 2 is 1.96 bits per heavy atom. The predicted octanol–water partition coefficient (Wildman–Crippen LogP) is 2.71. The van der Waals surface area contributed by atoms with E-state index in [4.69, 9.17) is 4.98 Å². The molecule has 0 aliphatic rings. The third kappa shape index (κ3) is 2.97. The Labute approximate surface area is 165 Å². The van der Waals surface area contributed by atoms with Crippen molar-refractivity contribution < 1.29 is 9.90 Å². The van der Waals surface area contributed by atoms with Crippen LogP contribution in [0, 0.1) is 13.8 Å².